The fourth-order valence-electron chi connectivity index (χ4n) is 9.38. The van der Waals surface area contributed by atoms with Gasteiger partial charge in [-0.25, -0.2) is 14.4 Å². The number of amides is 3. The third-order valence-electron chi connectivity index (χ3n) is 13.0. The van der Waals surface area contributed by atoms with E-state index in [9.17, 15) is 14.4 Å². The van der Waals surface area contributed by atoms with Gasteiger partial charge in [-0.3, -0.25) is 14.4 Å². The van der Waals surface area contributed by atoms with Crippen molar-refractivity contribution in [2.45, 2.75) is 122 Å². The smallest absolute Gasteiger partial charge is 0.251 e. The van der Waals surface area contributed by atoms with E-state index >= 15 is 4.39 Å². The molecule has 1 saturated carbocycles. The maximum absolute atomic E-state index is 15.7. The number of carbonyl (C=O) groups is 3. The first-order valence-corrected chi connectivity index (χ1v) is 20.6. The van der Waals surface area contributed by atoms with E-state index < -0.39 is 11.2 Å². The Hall–Kier alpha value is -4.84. The molecular formula is C44H55FN8O3. The van der Waals surface area contributed by atoms with Gasteiger partial charge >= 0.3 is 0 Å². The van der Waals surface area contributed by atoms with Gasteiger partial charge in [0, 0.05) is 61.0 Å². The Kier molecular flexibility index (Phi) is 10.1. The highest BCUT2D eigenvalue weighted by atomic mass is 19.1. The van der Waals surface area contributed by atoms with Crippen LogP contribution in [-0.4, -0.2) is 86.4 Å². The molecule has 0 radical (unpaired) electrons. The van der Waals surface area contributed by atoms with Crippen LogP contribution in [0, 0.1) is 12.7 Å². The summed E-state index contributed by atoms with van der Waals surface area (Å²) >= 11 is 0. The first-order chi connectivity index (χ1) is 26.9. The van der Waals surface area contributed by atoms with Gasteiger partial charge in [0.05, 0.1) is 28.6 Å². The summed E-state index contributed by atoms with van der Waals surface area (Å²) in [6, 6.07) is 11.8. The van der Waals surface area contributed by atoms with Gasteiger partial charge in [0.1, 0.15) is 11.3 Å². The number of anilines is 3. The van der Waals surface area contributed by atoms with E-state index in [0.717, 1.165) is 54.7 Å². The predicted molar refractivity (Wildman–Crippen MR) is 218 cm³/mol. The van der Waals surface area contributed by atoms with Crippen molar-refractivity contribution >= 4 is 45.9 Å². The highest BCUT2D eigenvalue weighted by Crippen LogP contribution is 2.52. The summed E-state index contributed by atoms with van der Waals surface area (Å²) in [5, 5.41) is 6.27. The second kappa shape index (κ2) is 14.9. The third kappa shape index (κ3) is 6.63. The van der Waals surface area contributed by atoms with Crippen LogP contribution in [0.4, 0.5) is 21.6 Å². The molecule has 11 nitrogen and oxygen atoms in total. The molecule has 0 bridgehead atoms. The average Bonchev–Trinajstić information content (AvgIpc) is 3.70. The molecule has 2 aromatic carbocycles. The molecule has 1 aliphatic carbocycles. The second-order valence-electron chi connectivity index (χ2n) is 16.9. The molecule has 3 amide bonds. The van der Waals surface area contributed by atoms with Crippen LogP contribution < -0.4 is 15.5 Å². The van der Waals surface area contributed by atoms with E-state index in [2.05, 4.69) is 46.4 Å². The number of fused-ring (bicyclic) bond motifs is 3. The predicted octanol–water partition coefficient (Wildman–Crippen LogP) is 7.64. The van der Waals surface area contributed by atoms with E-state index in [1.54, 1.807) is 26.2 Å². The lowest BCUT2D eigenvalue weighted by molar-refractivity contribution is -0.134. The SMILES string of the molecule is CC[C@H](C)NC(=O)c1cc(Nc2nc(-c3ccc4c(c3)N(C3CC(N5CCCCC5)C3)C(=O)C43CCN(C(C)=O)CC3)cc3ncn(C(C)C)c23)c(F)cc1C. The number of pyridine rings is 1. The monoisotopic (exact) mass is 762 g/mol. The normalized spacial score (nSPS) is 21.4. The number of hydrogen-bond acceptors (Lipinski definition) is 7. The van der Waals surface area contributed by atoms with Crippen LogP contribution in [0.2, 0.25) is 0 Å². The molecule has 56 heavy (non-hydrogen) atoms. The van der Waals surface area contributed by atoms with Crippen molar-refractivity contribution in [1.29, 1.82) is 0 Å². The molecule has 4 aliphatic rings. The highest BCUT2D eigenvalue weighted by molar-refractivity contribution is 6.09. The summed E-state index contributed by atoms with van der Waals surface area (Å²) in [6.45, 7) is 14.8. The van der Waals surface area contributed by atoms with Crippen LogP contribution in [0.1, 0.15) is 114 Å². The molecule has 3 aliphatic heterocycles. The number of aromatic nitrogens is 3. The number of piperidine rings is 2. The maximum atomic E-state index is 15.7. The van der Waals surface area contributed by atoms with Crippen LogP contribution in [0.15, 0.2) is 42.7 Å². The van der Waals surface area contributed by atoms with Crippen LogP contribution >= 0.6 is 0 Å². The van der Waals surface area contributed by atoms with E-state index in [0.29, 0.717) is 60.1 Å². The maximum Gasteiger partial charge on any atom is 0.251 e. The topological polar surface area (TPSA) is 116 Å². The number of rotatable bonds is 9. The molecule has 5 heterocycles. The van der Waals surface area contributed by atoms with E-state index in [1.807, 2.05) is 35.4 Å². The first kappa shape index (κ1) is 38.1. The lowest BCUT2D eigenvalue weighted by atomic mass is 9.73. The van der Waals surface area contributed by atoms with Gasteiger partial charge in [-0.2, -0.15) is 0 Å². The van der Waals surface area contributed by atoms with Gasteiger partial charge in [0.2, 0.25) is 11.8 Å². The third-order valence-corrected chi connectivity index (χ3v) is 13.0. The molecule has 8 rings (SSSR count). The molecule has 3 fully saturated rings. The number of nitrogens with one attached hydrogen (secondary N) is 2. The first-order valence-electron chi connectivity index (χ1n) is 20.6. The largest absolute Gasteiger partial charge is 0.350 e. The fraction of sp³-hybridized carbons (Fsp3) is 0.523. The lowest BCUT2D eigenvalue weighted by Gasteiger charge is -2.48. The fourth-order valence-corrected chi connectivity index (χ4v) is 9.38. The van der Waals surface area contributed by atoms with Crippen molar-refractivity contribution in [3.05, 3.63) is 65.2 Å². The van der Waals surface area contributed by atoms with E-state index in [4.69, 9.17) is 9.97 Å². The van der Waals surface area contributed by atoms with Crippen molar-refractivity contribution in [2.24, 2.45) is 0 Å². The quantitative estimate of drug-likeness (QED) is 0.180. The molecular weight excluding hydrogens is 708 g/mol. The summed E-state index contributed by atoms with van der Waals surface area (Å²) in [6.07, 6.45) is 9.42. The summed E-state index contributed by atoms with van der Waals surface area (Å²) in [5.41, 5.74) is 5.25. The number of benzene rings is 2. The molecule has 0 unspecified atom stereocenters. The van der Waals surface area contributed by atoms with Crippen molar-refractivity contribution < 1.29 is 18.8 Å². The van der Waals surface area contributed by atoms with Gasteiger partial charge in [-0.15, -0.1) is 0 Å². The van der Waals surface area contributed by atoms with Gasteiger partial charge < -0.3 is 29.9 Å². The van der Waals surface area contributed by atoms with Crippen molar-refractivity contribution in [3.63, 3.8) is 0 Å². The van der Waals surface area contributed by atoms with Crippen LogP contribution in [0.25, 0.3) is 22.3 Å². The highest BCUT2D eigenvalue weighted by Gasteiger charge is 2.55. The summed E-state index contributed by atoms with van der Waals surface area (Å²) in [4.78, 5) is 56.8. The van der Waals surface area contributed by atoms with Crippen LogP contribution in [-0.2, 0) is 15.0 Å². The Morgan fingerprint density at radius 2 is 1.71 bits per heavy atom. The van der Waals surface area contributed by atoms with Gasteiger partial charge in [0.15, 0.2) is 5.82 Å². The molecule has 2 N–H and O–H groups in total. The van der Waals surface area contributed by atoms with Crippen molar-refractivity contribution in [2.75, 3.05) is 36.4 Å². The van der Waals surface area contributed by atoms with Gasteiger partial charge in [-0.05, 0) is 121 Å². The minimum Gasteiger partial charge on any atom is -0.350 e. The Morgan fingerprint density at radius 3 is 2.39 bits per heavy atom. The zero-order valence-electron chi connectivity index (χ0n) is 33.6. The molecule has 2 aromatic heterocycles. The number of carbonyl (C=O) groups excluding carboxylic acids is 3. The lowest BCUT2D eigenvalue weighted by Crippen LogP contribution is -2.58. The van der Waals surface area contributed by atoms with Crippen LogP contribution in [0.3, 0.4) is 0 Å². The van der Waals surface area contributed by atoms with E-state index in [-0.39, 0.29) is 41.5 Å². The van der Waals surface area contributed by atoms with Crippen LogP contribution in [0.5, 0.6) is 0 Å². The zero-order chi connectivity index (χ0) is 39.5. The molecule has 12 heteroatoms. The molecule has 296 valence electrons. The number of hydrogen-bond donors (Lipinski definition) is 2. The Balaban J connectivity index is 1.18. The summed E-state index contributed by atoms with van der Waals surface area (Å²) < 4.78 is 17.8. The minimum absolute atomic E-state index is 0.0242. The van der Waals surface area contributed by atoms with Crippen molar-refractivity contribution in [1.82, 2.24) is 29.7 Å². The minimum atomic E-state index is -0.669. The Morgan fingerprint density at radius 1 is 0.982 bits per heavy atom. The number of nitrogens with zero attached hydrogens (tertiary/aromatic N) is 6. The number of imidazole rings is 1. The summed E-state index contributed by atoms with van der Waals surface area (Å²) in [7, 11) is 0. The second-order valence-corrected chi connectivity index (χ2v) is 16.9. The average molecular weight is 763 g/mol. The number of aryl methyl sites for hydroxylation is 1. The van der Waals surface area contributed by atoms with Gasteiger partial charge in [-0.1, -0.05) is 25.5 Å². The molecule has 1 atom stereocenters. The zero-order valence-corrected chi connectivity index (χ0v) is 33.6. The van der Waals surface area contributed by atoms with Gasteiger partial charge in [0.25, 0.3) is 5.91 Å². The molecule has 1 spiro atoms. The Bertz CT molecular complexity index is 2180. The molecule has 2 saturated heterocycles. The number of likely N-dealkylation sites (tertiary alicyclic amines) is 2. The molecule has 4 aromatic rings. The Labute approximate surface area is 329 Å². The number of halogens is 1. The standard InChI is InChI=1S/C44H55FN8O3/c1-7-28(5)47-42(55)33-23-37(35(45)19-27(33)4)49-41-40-38(46-25-52(40)26(2)3)24-36(48-41)30-11-12-34-39(20-30)53(32-21-31(22-32)51-15-9-8-10-16-51)43(56)44(34)13-17-50(18-14-44)29(6)54/h11-12,19-20,23-26,28,31-32H,7-10,13-18,21-22H2,1-6H3,(H,47,55)(H,48,49)/t28-,31?,32?/m0/s1. The van der Waals surface area contributed by atoms with E-state index in [1.165, 1.54) is 25.3 Å². The van der Waals surface area contributed by atoms with Crippen molar-refractivity contribution in [3.8, 4) is 11.3 Å². The summed E-state index contributed by atoms with van der Waals surface area (Å²) in [5.74, 6) is -0.128.